The van der Waals surface area contributed by atoms with Gasteiger partial charge in [0.1, 0.15) is 18.1 Å². The third-order valence-corrected chi connectivity index (χ3v) is 6.27. The van der Waals surface area contributed by atoms with Crippen LogP contribution in [0.5, 0.6) is 5.75 Å². The first-order chi connectivity index (χ1) is 13.2. The van der Waals surface area contributed by atoms with E-state index in [0.29, 0.717) is 12.4 Å². The highest BCUT2D eigenvalue weighted by Crippen LogP contribution is 2.44. The predicted octanol–water partition coefficient (Wildman–Crippen LogP) is 3.76. The zero-order valence-electron chi connectivity index (χ0n) is 14.8. The Morgan fingerprint density at radius 1 is 1.22 bits per heavy atom. The van der Waals surface area contributed by atoms with E-state index >= 15 is 0 Å². The van der Waals surface area contributed by atoms with E-state index in [1.165, 1.54) is 11.2 Å². The fraction of sp³-hybridized carbons (Fsp3) is 0.250. The van der Waals surface area contributed by atoms with Crippen LogP contribution in [0.15, 0.2) is 59.4 Å². The molecule has 3 heterocycles. The second-order valence-electron chi connectivity index (χ2n) is 6.76. The van der Waals surface area contributed by atoms with Crippen LogP contribution in [-0.2, 0) is 4.79 Å². The summed E-state index contributed by atoms with van der Waals surface area (Å²) in [4.78, 5) is 18.8. The fourth-order valence-corrected chi connectivity index (χ4v) is 4.80. The SMILES string of the molecule is COc1ccc([C@@H]2C3=C(C[C@@H](c4cccs4)CC3=O)Nc3ncnn32)cc1. The van der Waals surface area contributed by atoms with Crippen molar-refractivity contribution >= 4 is 23.1 Å². The van der Waals surface area contributed by atoms with E-state index in [-0.39, 0.29) is 17.7 Å². The summed E-state index contributed by atoms with van der Waals surface area (Å²) in [5.41, 5.74) is 2.76. The molecule has 1 N–H and O–H groups in total. The van der Waals surface area contributed by atoms with E-state index < -0.39 is 0 Å². The van der Waals surface area contributed by atoms with E-state index in [9.17, 15) is 4.79 Å². The van der Waals surface area contributed by atoms with E-state index in [1.807, 2.05) is 30.3 Å². The van der Waals surface area contributed by atoms with Gasteiger partial charge in [-0.2, -0.15) is 10.1 Å². The number of Topliss-reactive ketones (excluding diaryl/α,β-unsaturated/α-hetero) is 1. The van der Waals surface area contributed by atoms with Crippen molar-refractivity contribution in [3.05, 3.63) is 69.8 Å². The molecule has 0 unspecified atom stereocenters. The van der Waals surface area contributed by atoms with E-state index in [0.717, 1.165) is 29.0 Å². The minimum absolute atomic E-state index is 0.170. The number of rotatable bonds is 3. The number of thiophene rings is 1. The molecule has 0 saturated heterocycles. The summed E-state index contributed by atoms with van der Waals surface area (Å²) in [6, 6.07) is 11.7. The lowest BCUT2D eigenvalue weighted by atomic mass is 9.80. The largest absolute Gasteiger partial charge is 0.497 e. The molecule has 6 nitrogen and oxygen atoms in total. The number of carbonyl (C=O) groups excluding carboxylic acids is 1. The van der Waals surface area contributed by atoms with Crippen molar-refractivity contribution < 1.29 is 9.53 Å². The molecule has 2 aromatic heterocycles. The van der Waals surface area contributed by atoms with Crippen LogP contribution in [0, 0.1) is 0 Å². The Bertz CT molecular complexity index is 1020. The predicted molar refractivity (Wildman–Crippen MR) is 103 cm³/mol. The van der Waals surface area contributed by atoms with Gasteiger partial charge >= 0.3 is 0 Å². The van der Waals surface area contributed by atoms with Gasteiger partial charge in [-0.1, -0.05) is 18.2 Å². The summed E-state index contributed by atoms with van der Waals surface area (Å²) in [6.45, 7) is 0. The standard InChI is InChI=1S/C20H18N4O2S/c1-26-14-6-4-12(5-7-14)19-18-15(23-20-21-11-22-24(19)20)9-13(10-16(18)25)17-3-2-8-27-17/h2-8,11,13,19H,9-10H2,1H3,(H,21,22,23)/t13-,19-/m1/s1. The molecule has 2 aliphatic rings. The first-order valence-corrected chi connectivity index (χ1v) is 9.72. The molecule has 0 fully saturated rings. The Kier molecular flexibility index (Phi) is 3.82. The summed E-state index contributed by atoms with van der Waals surface area (Å²) in [5.74, 6) is 1.85. The van der Waals surface area contributed by atoms with Gasteiger partial charge in [0.2, 0.25) is 5.95 Å². The first kappa shape index (κ1) is 16.3. The number of ketones is 1. The number of benzene rings is 1. The summed E-state index contributed by atoms with van der Waals surface area (Å²) in [7, 11) is 1.64. The molecule has 0 bridgehead atoms. The second-order valence-corrected chi connectivity index (χ2v) is 7.74. The molecule has 27 heavy (non-hydrogen) atoms. The van der Waals surface area contributed by atoms with E-state index in [2.05, 4.69) is 26.8 Å². The Hall–Kier alpha value is -2.93. The summed E-state index contributed by atoms with van der Waals surface area (Å²) < 4.78 is 7.06. The number of methoxy groups -OCH3 is 1. The van der Waals surface area contributed by atoms with Crippen molar-refractivity contribution in [1.82, 2.24) is 14.8 Å². The Balaban J connectivity index is 1.60. The average molecular weight is 378 g/mol. The van der Waals surface area contributed by atoms with Crippen molar-refractivity contribution in [2.45, 2.75) is 24.8 Å². The number of ether oxygens (including phenoxy) is 1. The zero-order chi connectivity index (χ0) is 18.4. The number of fused-ring (bicyclic) bond motifs is 1. The van der Waals surface area contributed by atoms with Crippen molar-refractivity contribution in [2.24, 2.45) is 0 Å². The Labute approximate surface area is 160 Å². The lowest BCUT2D eigenvalue weighted by molar-refractivity contribution is -0.116. The molecule has 1 aliphatic carbocycles. The zero-order valence-corrected chi connectivity index (χ0v) is 15.6. The van der Waals surface area contributed by atoms with Crippen molar-refractivity contribution in [2.75, 3.05) is 12.4 Å². The van der Waals surface area contributed by atoms with Gasteiger partial charge in [-0.3, -0.25) is 4.79 Å². The third kappa shape index (κ3) is 2.66. The molecule has 0 spiro atoms. The van der Waals surface area contributed by atoms with E-state index in [1.54, 1.807) is 23.1 Å². The number of anilines is 1. The van der Waals surface area contributed by atoms with Crippen molar-refractivity contribution in [3.63, 3.8) is 0 Å². The molecule has 0 saturated carbocycles. The molecule has 1 aliphatic heterocycles. The van der Waals surface area contributed by atoms with Gasteiger partial charge < -0.3 is 10.1 Å². The van der Waals surface area contributed by atoms with Crippen LogP contribution in [0.1, 0.15) is 35.2 Å². The van der Waals surface area contributed by atoms with Crippen LogP contribution in [0.25, 0.3) is 0 Å². The monoisotopic (exact) mass is 378 g/mol. The molecule has 136 valence electrons. The van der Waals surface area contributed by atoms with Gasteiger partial charge in [0.15, 0.2) is 5.78 Å². The number of carbonyl (C=O) groups is 1. The number of nitrogens with one attached hydrogen (secondary N) is 1. The molecule has 2 atom stereocenters. The van der Waals surface area contributed by atoms with E-state index in [4.69, 9.17) is 4.74 Å². The van der Waals surface area contributed by atoms with Gasteiger partial charge in [0.25, 0.3) is 0 Å². The lowest BCUT2D eigenvalue weighted by Gasteiger charge is -2.34. The summed E-state index contributed by atoms with van der Waals surface area (Å²) >= 11 is 1.71. The number of allylic oxidation sites excluding steroid dienone is 2. The van der Waals surface area contributed by atoms with Crippen molar-refractivity contribution in [3.8, 4) is 5.75 Å². The maximum atomic E-state index is 13.2. The molecular formula is C20H18N4O2S. The lowest BCUT2D eigenvalue weighted by Crippen LogP contribution is -2.33. The van der Waals surface area contributed by atoms with Crippen LogP contribution in [0.3, 0.4) is 0 Å². The number of nitrogens with zero attached hydrogens (tertiary/aromatic N) is 3. The Morgan fingerprint density at radius 2 is 2.07 bits per heavy atom. The summed E-state index contributed by atoms with van der Waals surface area (Å²) in [6.07, 6.45) is 2.86. The van der Waals surface area contributed by atoms with Crippen molar-refractivity contribution in [1.29, 1.82) is 0 Å². The smallest absolute Gasteiger partial charge is 0.226 e. The fourth-order valence-electron chi connectivity index (χ4n) is 3.97. The third-order valence-electron chi connectivity index (χ3n) is 5.24. The molecule has 0 amide bonds. The number of hydrogen-bond acceptors (Lipinski definition) is 6. The second kappa shape index (κ2) is 6.35. The maximum absolute atomic E-state index is 13.2. The summed E-state index contributed by atoms with van der Waals surface area (Å²) in [5, 5.41) is 9.79. The minimum Gasteiger partial charge on any atom is -0.497 e. The highest BCUT2D eigenvalue weighted by atomic mass is 32.1. The number of hydrogen-bond donors (Lipinski definition) is 1. The normalized spacial score (nSPS) is 21.4. The van der Waals surface area contributed by atoms with Gasteiger partial charge in [-0.05, 0) is 35.6 Å². The maximum Gasteiger partial charge on any atom is 0.226 e. The van der Waals surface area contributed by atoms with Crippen LogP contribution in [0.2, 0.25) is 0 Å². The van der Waals surface area contributed by atoms with Gasteiger partial charge in [0.05, 0.1) is 7.11 Å². The molecule has 5 rings (SSSR count). The quantitative estimate of drug-likeness (QED) is 0.751. The number of aromatic nitrogens is 3. The van der Waals surface area contributed by atoms with Crippen LogP contribution in [-0.4, -0.2) is 27.7 Å². The van der Waals surface area contributed by atoms with Crippen LogP contribution >= 0.6 is 11.3 Å². The molecule has 3 aromatic rings. The molecular weight excluding hydrogens is 360 g/mol. The average Bonchev–Trinajstić information content (AvgIpc) is 3.38. The highest BCUT2D eigenvalue weighted by Gasteiger charge is 2.39. The molecule has 7 heteroatoms. The Morgan fingerprint density at radius 3 is 2.81 bits per heavy atom. The van der Waals surface area contributed by atoms with Gasteiger partial charge in [-0.25, -0.2) is 4.68 Å². The highest BCUT2D eigenvalue weighted by molar-refractivity contribution is 7.10. The van der Waals surface area contributed by atoms with Crippen LogP contribution < -0.4 is 10.1 Å². The van der Waals surface area contributed by atoms with Gasteiger partial charge in [0, 0.05) is 28.5 Å². The molecule has 1 aromatic carbocycles. The van der Waals surface area contributed by atoms with Gasteiger partial charge in [-0.15, -0.1) is 11.3 Å². The molecule has 0 radical (unpaired) electrons. The van der Waals surface area contributed by atoms with Crippen LogP contribution in [0.4, 0.5) is 5.95 Å². The first-order valence-electron chi connectivity index (χ1n) is 8.84. The topological polar surface area (TPSA) is 69.0 Å². The minimum atomic E-state index is -0.263.